The van der Waals surface area contributed by atoms with Crippen molar-refractivity contribution >= 4 is 0 Å². The molecule has 30 heavy (non-hydrogen) atoms. The number of aromatic nitrogens is 2. The minimum atomic E-state index is -1.41. The highest BCUT2D eigenvalue weighted by molar-refractivity contribution is 5.71. The van der Waals surface area contributed by atoms with Crippen molar-refractivity contribution in [3.05, 3.63) is 59.5 Å². The van der Waals surface area contributed by atoms with Gasteiger partial charge in [0.15, 0.2) is 0 Å². The first kappa shape index (κ1) is 20.6. The normalized spacial score (nSPS) is 26.7. The van der Waals surface area contributed by atoms with E-state index in [2.05, 4.69) is 10.2 Å². The Hall–Kier alpha value is -2.62. The van der Waals surface area contributed by atoms with E-state index in [0.29, 0.717) is 17.3 Å². The number of rotatable bonds is 4. The van der Waals surface area contributed by atoms with E-state index in [1.54, 1.807) is 13.0 Å². The topological polar surface area (TPSA) is 129 Å². The lowest BCUT2D eigenvalue weighted by molar-refractivity contribution is -0.231. The van der Waals surface area contributed by atoms with Crippen LogP contribution >= 0.6 is 0 Å². The molecule has 1 aliphatic rings. The summed E-state index contributed by atoms with van der Waals surface area (Å²) >= 11 is 0. The molecule has 1 fully saturated rings. The molecule has 158 valence electrons. The van der Waals surface area contributed by atoms with Crippen LogP contribution in [-0.4, -0.2) is 61.6 Å². The number of nitrogens with zero attached hydrogens (tertiary/aromatic N) is 2. The molecule has 4 N–H and O–H groups in total. The Morgan fingerprint density at radius 2 is 1.70 bits per heavy atom. The minimum Gasteiger partial charge on any atom is -0.421 e. The molecule has 2 heterocycles. The Morgan fingerprint density at radius 3 is 2.37 bits per heavy atom. The van der Waals surface area contributed by atoms with Crippen molar-refractivity contribution in [1.29, 1.82) is 0 Å². The minimum absolute atomic E-state index is 0.456. The van der Waals surface area contributed by atoms with Gasteiger partial charge in [0.1, 0.15) is 30.5 Å². The standard InChI is InChI=1S/C22H24N2O6/c1-11-8-15(22-24-23-12(2)29-22)6-7-16(11)13-4-3-5-14(9-13)21-20(28)19(27)18(26)17(10-25)30-21/h3-9,17-21,25-28H,10H2,1-2H3. The van der Waals surface area contributed by atoms with Crippen molar-refractivity contribution < 1.29 is 29.6 Å². The van der Waals surface area contributed by atoms with Gasteiger partial charge in [0, 0.05) is 12.5 Å². The zero-order chi connectivity index (χ0) is 21.4. The summed E-state index contributed by atoms with van der Waals surface area (Å²) in [6.45, 7) is 3.25. The molecule has 0 radical (unpaired) electrons. The average Bonchev–Trinajstić information content (AvgIpc) is 3.18. The van der Waals surface area contributed by atoms with Gasteiger partial charge in [-0.25, -0.2) is 0 Å². The summed E-state index contributed by atoms with van der Waals surface area (Å²) in [6, 6.07) is 13.2. The molecule has 3 aromatic rings. The summed E-state index contributed by atoms with van der Waals surface area (Å²) < 4.78 is 11.2. The molecule has 5 atom stereocenters. The van der Waals surface area contributed by atoms with E-state index in [1.807, 2.05) is 43.3 Å². The molecule has 1 aromatic heterocycles. The molecule has 0 bridgehead atoms. The molecule has 4 rings (SSSR count). The van der Waals surface area contributed by atoms with E-state index >= 15 is 0 Å². The van der Waals surface area contributed by atoms with Crippen LogP contribution in [0.5, 0.6) is 0 Å². The quantitative estimate of drug-likeness (QED) is 0.508. The number of benzene rings is 2. The molecule has 8 nitrogen and oxygen atoms in total. The fourth-order valence-corrected chi connectivity index (χ4v) is 3.79. The van der Waals surface area contributed by atoms with Crippen LogP contribution in [0.3, 0.4) is 0 Å². The van der Waals surface area contributed by atoms with Gasteiger partial charge in [-0.2, -0.15) is 0 Å². The Kier molecular flexibility index (Phi) is 5.68. The predicted molar refractivity (Wildman–Crippen MR) is 107 cm³/mol. The van der Waals surface area contributed by atoms with E-state index in [9.17, 15) is 20.4 Å². The number of ether oxygens (including phenoxy) is 1. The van der Waals surface area contributed by atoms with Crippen molar-refractivity contribution in [3.8, 4) is 22.6 Å². The number of hydrogen-bond acceptors (Lipinski definition) is 8. The van der Waals surface area contributed by atoms with Crippen molar-refractivity contribution in [1.82, 2.24) is 10.2 Å². The van der Waals surface area contributed by atoms with Crippen LogP contribution in [0.2, 0.25) is 0 Å². The van der Waals surface area contributed by atoms with Crippen LogP contribution in [0.15, 0.2) is 46.9 Å². The molecule has 8 heteroatoms. The Labute approximate surface area is 173 Å². The smallest absolute Gasteiger partial charge is 0.247 e. The summed E-state index contributed by atoms with van der Waals surface area (Å²) in [5.74, 6) is 0.955. The zero-order valence-electron chi connectivity index (χ0n) is 16.6. The van der Waals surface area contributed by atoms with Crippen LogP contribution in [-0.2, 0) is 4.74 Å². The third kappa shape index (κ3) is 3.76. The molecular weight excluding hydrogens is 388 g/mol. The fourth-order valence-electron chi connectivity index (χ4n) is 3.79. The van der Waals surface area contributed by atoms with Gasteiger partial charge in [-0.05, 0) is 47.4 Å². The third-order valence-electron chi connectivity index (χ3n) is 5.42. The maximum absolute atomic E-state index is 10.4. The van der Waals surface area contributed by atoms with E-state index in [1.165, 1.54) is 0 Å². The van der Waals surface area contributed by atoms with Crippen LogP contribution < -0.4 is 0 Å². The van der Waals surface area contributed by atoms with Gasteiger partial charge < -0.3 is 29.6 Å². The molecule has 1 aliphatic heterocycles. The second kappa shape index (κ2) is 8.25. The van der Waals surface area contributed by atoms with Gasteiger partial charge in [0.25, 0.3) is 0 Å². The number of aliphatic hydroxyl groups is 4. The van der Waals surface area contributed by atoms with Gasteiger partial charge in [-0.15, -0.1) is 10.2 Å². The first-order chi connectivity index (χ1) is 14.4. The average molecular weight is 412 g/mol. The van der Waals surface area contributed by atoms with Gasteiger partial charge in [0.2, 0.25) is 11.8 Å². The lowest BCUT2D eigenvalue weighted by Crippen LogP contribution is -2.55. The molecule has 0 amide bonds. The summed E-state index contributed by atoms with van der Waals surface area (Å²) in [7, 11) is 0. The summed E-state index contributed by atoms with van der Waals surface area (Å²) in [4.78, 5) is 0. The number of hydrogen-bond donors (Lipinski definition) is 4. The molecule has 1 saturated heterocycles. The van der Waals surface area contributed by atoms with E-state index in [0.717, 1.165) is 22.3 Å². The van der Waals surface area contributed by atoms with E-state index in [-0.39, 0.29) is 0 Å². The highest BCUT2D eigenvalue weighted by atomic mass is 16.5. The maximum atomic E-state index is 10.4. The Balaban J connectivity index is 1.65. The molecule has 0 spiro atoms. The van der Waals surface area contributed by atoms with Crippen molar-refractivity contribution in [3.63, 3.8) is 0 Å². The van der Waals surface area contributed by atoms with Gasteiger partial charge >= 0.3 is 0 Å². The highest BCUT2D eigenvalue weighted by Crippen LogP contribution is 2.35. The van der Waals surface area contributed by atoms with Crippen LogP contribution in [0, 0.1) is 13.8 Å². The van der Waals surface area contributed by atoms with Crippen molar-refractivity contribution in [2.75, 3.05) is 6.61 Å². The Morgan fingerprint density at radius 1 is 0.900 bits per heavy atom. The zero-order valence-corrected chi connectivity index (χ0v) is 16.6. The summed E-state index contributed by atoms with van der Waals surface area (Å²) in [6.07, 6.45) is -5.93. The maximum Gasteiger partial charge on any atom is 0.247 e. The second-order valence-electron chi connectivity index (χ2n) is 7.53. The molecule has 2 aromatic carbocycles. The van der Waals surface area contributed by atoms with Crippen molar-refractivity contribution in [2.24, 2.45) is 0 Å². The van der Waals surface area contributed by atoms with Gasteiger partial charge in [-0.3, -0.25) is 0 Å². The SMILES string of the molecule is Cc1nnc(-c2ccc(-c3cccc(C4OC(CO)C(O)C(O)C4O)c3)c(C)c2)o1. The number of aryl methyl sites for hydroxylation is 2. The van der Waals surface area contributed by atoms with Crippen molar-refractivity contribution in [2.45, 2.75) is 44.4 Å². The first-order valence-electron chi connectivity index (χ1n) is 9.71. The summed E-state index contributed by atoms with van der Waals surface area (Å²) in [5, 5.41) is 47.8. The first-order valence-corrected chi connectivity index (χ1v) is 9.71. The van der Waals surface area contributed by atoms with E-state index in [4.69, 9.17) is 9.15 Å². The van der Waals surface area contributed by atoms with E-state index < -0.39 is 37.1 Å². The lowest BCUT2D eigenvalue weighted by Gasteiger charge is -2.40. The predicted octanol–water partition coefficient (Wildman–Crippen LogP) is 1.54. The molecule has 0 saturated carbocycles. The second-order valence-corrected chi connectivity index (χ2v) is 7.53. The van der Waals surface area contributed by atoms with Crippen LogP contribution in [0.1, 0.15) is 23.1 Å². The highest BCUT2D eigenvalue weighted by Gasteiger charge is 2.43. The Bertz CT molecular complexity index is 1030. The summed E-state index contributed by atoms with van der Waals surface area (Å²) in [5.41, 5.74) is 4.33. The largest absolute Gasteiger partial charge is 0.421 e. The third-order valence-corrected chi connectivity index (χ3v) is 5.42. The molecule has 0 aliphatic carbocycles. The monoisotopic (exact) mass is 412 g/mol. The number of aliphatic hydroxyl groups excluding tert-OH is 4. The molecular formula is C22H24N2O6. The van der Waals surface area contributed by atoms with Crippen LogP contribution in [0.4, 0.5) is 0 Å². The fraction of sp³-hybridized carbons (Fsp3) is 0.364. The van der Waals surface area contributed by atoms with Crippen LogP contribution in [0.25, 0.3) is 22.6 Å². The molecule has 5 unspecified atom stereocenters. The van der Waals surface area contributed by atoms with Gasteiger partial charge in [-0.1, -0.05) is 24.3 Å². The lowest BCUT2D eigenvalue weighted by atomic mass is 9.89. The van der Waals surface area contributed by atoms with Gasteiger partial charge in [0.05, 0.1) is 6.61 Å².